The maximum absolute atomic E-state index is 14.1. The first-order chi connectivity index (χ1) is 12.2. The molecule has 136 valence electrons. The third kappa shape index (κ3) is 3.59. The number of hydrogen-bond acceptors (Lipinski definition) is 3. The van der Waals surface area contributed by atoms with Crippen LogP contribution in [0.1, 0.15) is 37.8 Å². The average Bonchev–Trinajstić information content (AvgIpc) is 2.79. The van der Waals surface area contributed by atoms with Gasteiger partial charge in [0.15, 0.2) is 0 Å². The van der Waals surface area contributed by atoms with E-state index in [1.807, 2.05) is 12.1 Å². The van der Waals surface area contributed by atoms with E-state index in [1.165, 1.54) is 12.1 Å². The Hall–Kier alpha value is -1.99. The molecule has 0 saturated heterocycles. The second-order valence-corrected chi connectivity index (χ2v) is 8.85. The molecule has 0 bridgehead atoms. The number of halogens is 2. The van der Waals surface area contributed by atoms with Gasteiger partial charge in [0, 0.05) is 10.0 Å². The highest BCUT2D eigenvalue weighted by atomic mass is 79.9. The number of nitrogens with one attached hydrogen (secondary N) is 1. The molecule has 2 aromatic rings. The van der Waals surface area contributed by atoms with Gasteiger partial charge in [0.2, 0.25) is 0 Å². The zero-order chi connectivity index (χ0) is 19.1. The summed E-state index contributed by atoms with van der Waals surface area (Å²) in [5, 5.41) is 2.79. The van der Waals surface area contributed by atoms with Gasteiger partial charge < -0.3 is 5.32 Å². The normalized spacial score (nSPS) is 16.2. The van der Waals surface area contributed by atoms with Crippen molar-refractivity contribution in [1.82, 2.24) is 0 Å². The molecular weight excluding hydrogens is 419 g/mol. The van der Waals surface area contributed by atoms with Gasteiger partial charge in [0.25, 0.3) is 10.0 Å². The highest BCUT2D eigenvalue weighted by Gasteiger charge is 2.31. The first-order valence-electron chi connectivity index (χ1n) is 8.07. The summed E-state index contributed by atoms with van der Waals surface area (Å²) in [6, 6.07) is 11.9. The Morgan fingerprint density at radius 1 is 1.12 bits per heavy atom. The zero-order valence-electron chi connectivity index (χ0n) is 14.5. The van der Waals surface area contributed by atoms with Gasteiger partial charge in [0.1, 0.15) is 16.6 Å². The molecule has 1 aliphatic heterocycles. The van der Waals surface area contributed by atoms with Crippen LogP contribution in [0.2, 0.25) is 0 Å². The summed E-state index contributed by atoms with van der Waals surface area (Å²) in [5.74, 6) is -0.00987. The minimum absolute atomic E-state index is 0.133. The third-order valence-electron chi connectivity index (χ3n) is 4.19. The Balaban J connectivity index is 1.99. The van der Waals surface area contributed by atoms with E-state index in [-0.39, 0.29) is 16.4 Å². The van der Waals surface area contributed by atoms with Crippen LogP contribution in [0.4, 0.5) is 10.1 Å². The van der Waals surface area contributed by atoms with Gasteiger partial charge in [-0.2, -0.15) is 8.42 Å². The smallest absolute Gasteiger partial charge is 0.285 e. The molecule has 0 aliphatic carbocycles. The van der Waals surface area contributed by atoms with Gasteiger partial charge in [-0.1, -0.05) is 54.0 Å². The lowest BCUT2D eigenvalue weighted by atomic mass is 10.0. The number of amidine groups is 1. The molecule has 0 amide bonds. The van der Waals surface area contributed by atoms with Gasteiger partial charge in [-0.15, -0.1) is 4.40 Å². The maximum atomic E-state index is 14.1. The molecule has 0 spiro atoms. The first-order valence-corrected chi connectivity index (χ1v) is 10.3. The lowest BCUT2D eigenvalue weighted by molar-refractivity contribution is 0.608. The molecular formula is C19H18BrFN2O2S. The second kappa shape index (κ2) is 6.96. The minimum atomic E-state index is -3.84. The van der Waals surface area contributed by atoms with Crippen LogP contribution in [0.15, 0.2) is 56.9 Å². The van der Waals surface area contributed by atoms with E-state index in [9.17, 15) is 12.8 Å². The molecule has 0 atom stereocenters. The summed E-state index contributed by atoms with van der Waals surface area (Å²) < 4.78 is 43.5. The molecule has 2 aromatic carbocycles. The molecule has 7 heteroatoms. The zero-order valence-corrected chi connectivity index (χ0v) is 16.9. The summed E-state index contributed by atoms with van der Waals surface area (Å²) in [4.78, 5) is 0.146. The number of hydrogen-bond donors (Lipinski definition) is 1. The summed E-state index contributed by atoms with van der Waals surface area (Å²) in [6.07, 6.45) is 0. The summed E-state index contributed by atoms with van der Waals surface area (Å²) in [6.45, 7) is 5.81. The van der Waals surface area contributed by atoms with Crippen molar-refractivity contribution in [3.8, 4) is 0 Å². The molecule has 4 nitrogen and oxygen atoms in total. The maximum Gasteiger partial charge on any atom is 0.285 e. The molecule has 0 aromatic heterocycles. The van der Waals surface area contributed by atoms with Gasteiger partial charge in [-0.25, -0.2) is 4.39 Å². The van der Waals surface area contributed by atoms with Crippen molar-refractivity contribution in [2.45, 2.75) is 26.7 Å². The van der Waals surface area contributed by atoms with Crippen LogP contribution in [0.25, 0.3) is 4.91 Å². The Morgan fingerprint density at radius 2 is 1.77 bits per heavy atom. The summed E-state index contributed by atoms with van der Waals surface area (Å²) in [5.41, 5.74) is 2.32. The first kappa shape index (κ1) is 18.8. The number of sulfonamides is 1. The molecule has 0 unspecified atom stereocenters. The van der Waals surface area contributed by atoms with Gasteiger partial charge >= 0.3 is 0 Å². The molecule has 0 saturated carbocycles. The monoisotopic (exact) mass is 436 g/mol. The summed E-state index contributed by atoms with van der Waals surface area (Å²) >= 11 is 3.19. The SMILES string of the molecule is CC1=C(c2ccc(C(C)C)cc2)S(=O)(=O)N=C1Nc1ccc(Br)cc1F. The number of nitrogens with zero attached hydrogens (tertiary/aromatic N) is 1. The summed E-state index contributed by atoms with van der Waals surface area (Å²) in [7, 11) is -3.84. The Labute approximate surface area is 161 Å². The van der Waals surface area contributed by atoms with E-state index < -0.39 is 15.8 Å². The predicted molar refractivity (Wildman–Crippen MR) is 107 cm³/mol. The molecule has 3 rings (SSSR count). The van der Waals surface area contributed by atoms with Crippen LogP contribution in [0, 0.1) is 5.82 Å². The fourth-order valence-electron chi connectivity index (χ4n) is 2.76. The fourth-order valence-corrected chi connectivity index (χ4v) is 4.52. The van der Waals surface area contributed by atoms with E-state index in [0.717, 1.165) is 5.56 Å². The van der Waals surface area contributed by atoms with Crippen molar-refractivity contribution in [1.29, 1.82) is 0 Å². The predicted octanol–water partition coefficient (Wildman–Crippen LogP) is 5.30. The molecule has 1 N–H and O–H groups in total. The van der Waals surface area contributed by atoms with Crippen molar-refractivity contribution in [3.63, 3.8) is 0 Å². The minimum Gasteiger partial charge on any atom is -0.337 e. The topological polar surface area (TPSA) is 58.5 Å². The van der Waals surface area contributed by atoms with Crippen molar-refractivity contribution in [3.05, 3.63) is 69.5 Å². The van der Waals surface area contributed by atoms with Crippen molar-refractivity contribution < 1.29 is 12.8 Å². The largest absolute Gasteiger partial charge is 0.337 e. The molecule has 1 heterocycles. The second-order valence-electron chi connectivity index (χ2n) is 6.39. The van der Waals surface area contributed by atoms with Crippen LogP contribution in [-0.2, 0) is 10.0 Å². The Bertz CT molecular complexity index is 1030. The number of rotatable bonds is 3. The fraction of sp³-hybridized carbons (Fsp3) is 0.211. The molecule has 0 radical (unpaired) electrons. The van der Waals surface area contributed by atoms with E-state index >= 15 is 0 Å². The lowest BCUT2D eigenvalue weighted by Gasteiger charge is -2.09. The number of anilines is 1. The van der Waals surface area contributed by atoms with Crippen LogP contribution in [0.3, 0.4) is 0 Å². The Morgan fingerprint density at radius 3 is 2.35 bits per heavy atom. The van der Waals surface area contributed by atoms with Gasteiger partial charge in [-0.05, 0) is 42.2 Å². The average molecular weight is 437 g/mol. The van der Waals surface area contributed by atoms with Crippen LogP contribution < -0.4 is 5.32 Å². The highest BCUT2D eigenvalue weighted by Crippen LogP contribution is 2.34. The van der Waals surface area contributed by atoms with Crippen LogP contribution in [0.5, 0.6) is 0 Å². The van der Waals surface area contributed by atoms with Crippen molar-refractivity contribution in [2.75, 3.05) is 5.32 Å². The standard InChI is InChI=1S/C19H18BrFN2O2S/c1-11(2)13-4-6-14(7-5-13)18-12(3)19(23-26(18,24)25)22-17-9-8-15(20)10-16(17)21/h4-11H,1-3H3,(H,22,23). The Kier molecular flexibility index (Phi) is 5.03. The molecule has 1 aliphatic rings. The van der Waals surface area contributed by atoms with Gasteiger partial charge in [0.05, 0.1) is 5.69 Å². The highest BCUT2D eigenvalue weighted by molar-refractivity contribution is 9.10. The lowest BCUT2D eigenvalue weighted by Crippen LogP contribution is -2.12. The third-order valence-corrected chi connectivity index (χ3v) is 6.16. The quantitative estimate of drug-likeness (QED) is 0.710. The molecule has 0 fully saturated rings. The van der Waals surface area contributed by atoms with E-state index in [2.05, 4.69) is 39.5 Å². The van der Waals surface area contributed by atoms with E-state index in [1.54, 1.807) is 25.1 Å². The molecule has 26 heavy (non-hydrogen) atoms. The van der Waals surface area contributed by atoms with Crippen molar-refractivity contribution >= 4 is 42.4 Å². The van der Waals surface area contributed by atoms with Crippen LogP contribution in [-0.4, -0.2) is 14.3 Å². The number of benzene rings is 2. The van der Waals surface area contributed by atoms with Gasteiger partial charge in [-0.3, -0.25) is 0 Å². The van der Waals surface area contributed by atoms with E-state index in [0.29, 0.717) is 21.5 Å². The van der Waals surface area contributed by atoms with Crippen LogP contribution >= 0.6 is 15.9 Å². The van der Waals surface area contributed by atoms with Crippen molar-refractivity contribution in [2.24, 2.45) is 4.40 Å². The van der Waals surface area contributed by atoms with E-state index in [4.69, 9.17) is 0 Å².